The molecule has 0 bridgehead atoms. The summed E-state index contributed by atoms with van der Waals surface area (Å²) in [6.45, 7) is 3.17. The van der Waals surface area contributed by atoms with Gasteiger partial charge in [-0.1, -0.05) is 19.1 Å². The highest BCUT2D eigenvalue weighted by Gasteiger charge is 2.02. The number of hydrogen-bond acceptors (Lipinski definition) is 3. The summed E-state index contributed by atoms with van der Waals surface area (Å²) < 4.78 is 17.7. The molecule has 0 heterocycles. The smallest absolute Gasteiger partial charge is 0.187 e. The number of hydrogen-bond donors (Lipinski definition) is 2. The van der Waals surface area contributed by atoms with Crippen LogP contribution in [0.5, 0.6) is 0 Å². The Kier molecular flexibility index (Phi) is 6.99. The van der Waals surface area contributed by atoms with Crippen LogP contribution in [0, 0.1) is 5.82 Å². The maximum atomic E-state index is 12.8. The average Bonchev–Trinajstić information content (AvgIpc) is 2.41. The molecule has 2 N–H and O–H groups in total. The molecular weight excluding hydrogens is 265 g/mol. The normalized spacial score (nSPS) is 11.2. The Hall–Kier alpha value is -1.53. The lowest BCUT2D eigenvalue weighted by Crippen LogP contribution is -2.34. The van der Waals surface area contributed by atoms with Crippen LogP contribution in [0.2, 0.25) is 0 Å². The molecule has 0 aliphatic rings. The Morgan fingerprint density at radius 3 is 2.63 bits per heavy atom. The van der Waals surface area contributed by atoms with Gasteiger partial charge in [-0.15, -0.1) is 0 Å². The highest BCUT2D eigenvalue weighted by molar-refractivity contribution is 7.80. The number of ether oxygens (including phenoxy) is 1. The van der Waals surface area contributed by atoms with Crippen molar-refractivity contribution >= 4 is 23.0 Å². The average molecular weight is 283 g/mol. The standard InChI is InChI=1S/C13H18FN3OS/c1-3-12(10-4-6-11(14)7-5-10)16-17-13(19)15-8-9-18-2/h4-7H,3,8-9H2,1-2H3,(H2,15,17,19)/b16-12-. The number of halogens is 1. The van der Waals surface area contributed by atoms with Gasteiger partial charge in [0.25, 0.3) is 0 Å². The maximum absolute atomic E-state index is 12.8. The summed E-state index contributed by atoms with van der Waals surface area (Å²) in [5.41, 5.74) is 4.45. The zero-order valence-electron chi connectivity index (χ0n) is 11.1. The van der Waals surface area contributed by atoms with Crippen molar-refractivity contribution < 1.29 is 9.13 Å². The molecule has 0 saturated carbocycles. The number of benzene rings is 1. The molecule has 4 nitrogen and oxygen atoms in total. The number of methoxy groups -OCH3 is 1. The third-order valence-corrected chi connectivity index (χ3v) is 2.63. The van der Waals surface area contributed by atoms with E-state index in [0.717, 1.165) is 17.7 Å². The van der Waals surface area contributed by atoms with Crippen LogP contribution < -0.4 is 10.7 Å². The summed E-state index contributed by atoms with van der Waals surface area (Å²) >= 11 is 5.06. The van der Waals surface area contributed by atoms with Crippen LogP contribution in [0.3, 0.4) is 0 Å². The van der Waals surface area contributed by atoms with Crippen molar-refractivity contribution in [3.63, 3.8) is 0 Å². The fourth-order valence-corrected chi connectivity index (χ4v) is 1.56. The predicted molar refractivity (Wildman–Crippen MR) is 78.8 cm³/mol. The van der Waals surface area contributed by atoms with E-state index in [-0.39, 0.29) is 5.82 Å². The van der Waals surface area contributed by atoms with E-state index < -0.39 is 0 Å². The molecule has 0 saturated heterocycles. The quantitative estimate of drug-likeness (QED) is 0.363. The van der Waals surface area contributed by atoms with E-state index in [9.17, 15) is 4.39 Å². The van der Waals surface area contributed by atoms with E-state index in [1.54, 1.807) is 19.2 Å². The van der Waals surface area contributed by atoms with Crippen LogP contribution in [0.4, 0.5) is 4.39 Å². The molecule has 1 aromatic rings. The summed E-state index contributed by atoms with van der Waals surface area (Å²) in [6, 6.07) is 6.22. The second-order valence-electron chi connectivity index (χ2n) is 3.78. The second-order valence-corrected chi connectivity index (χ2v) is 4.19. The first-order valence-corrected chi connectivity index (χ1v) is 6.43. The molecular formula is C13H18FN3OS. The van der Waals surface area contributed by atoms with E-state index in [1.165, 1.54) is 12.1 Å². The zero-order chi connectivity index (χ0) is 14.1. The van der Waals surface area contributed by atoms with Crippen LogP contribution in [-0.2, 0) is 4.74 Å². The van der Waals surface area contributed by atoms with Crippen molar-refractivity contribution in [3.05, 3.63) is 35.6 Å². The second kappa shape index (κ2) is 8.55. The van der Waals surface area contributed by atoms with Gasteiger partial charge in [0, 0.05) is 13.7 Å². The summed E-state index contributed by atoms with van der Waals surface area (Å²) in [4.78, 5) is 0. The van der Waals surface area contributed by atoms with Crippen molar-refractivity contribution in [1.29, 1.82) is 0 Å². The molecule has 6 heteroatoms. The van der Waals surface area contributed by atoms with E-state index in [0.29, 0.717) is 18.3 Å². The van der Waals surface area contributed by atoms with Gasteiger partial charge < -0.3 is 10.1 Å². The number of thiocarbonyl (C=S) groups is 1. The first kappa shape index (κ1) is 15.5. The first-order chi connectivity index (χ1) is 9.17. The number of rotatable bonds is 6. The highest BCUT2D eigenvalue weighted by atomic mass is 32.1. The van der Waals surface area contributed by atoms with Crippen molar-refractivity contribution in [2.75, 3.05) is 20.3 Å². The van der Waals surface area contributed by atoms with Crippen molar-refractivity contribution in [3.8, 4) is 0 Å². The Balaban J connectivity index is 2.57. The first-order valence-electron chi connectivity index (χ1n) is 6.02. The van der Waals surface area contributed by atoms with Gasteiger partial charge in [0.05, 0.1) is 12.3 Å². The fraction of sp³-hybridized carbons (Fsp3) is 0.385. The van der Waals surface area contributed by atoms with Gasteiger partial charge in [-0.05, 0) is 36.3 Å². The molecule has 0 aliphatic heterocycles. The van der Waals surface area contributed by atoms with Crippen LogP contribution in [0.25, 0.3) is 0 Å². The highest BCUT2D eigenvalue weighted by Crippen LogP contribution is 2.06. The molecule has 0 amide bonds. The monoisotopic (exact) mass is 283 g/mol. The molecule has 0 fully saturated rings. The van der Waals surface area contributed by atoms with E-state index in [4.69, 9.17) is 17.0 Å². The van der Waals surface area contributed by atoms with Crippen LogP contribution in [0.15, 0.2) is 29.4 Å². The minimum absolute atomic E-state index is 0.260. The minimum atomic E-state index is -0.260. The summed E-state index contributed by atoms with van der Waals surface area (Å²) in [5.74, 6) is -0.260. The summed E-state index contributed by atoms with van der Waals surface area (Å²) in [5, 5.41) is 7.61. The Labute approximate surface area is 118 Å². The molecule has 1 aromatic carbocycles. The largest absolute Gasteiger partial charge is 0.383 e. The Morgan fingerprint density at radius 2 is 2.05 bits per heavy atom. The van der Waals surface area contributed by atoms with Gasteiger partial charge in [0.1, 0.15) is 5.82 Å². The lowest BCUT2D eigenvalue weighted by molar-refractivity contribution is 0.204. The molecule has 1 rings (SSSR count). The van der Waals surface area contributed by atoms with Crippen molar-refractivity contribution in [1.82, 2.24) is 10.7 Å². The predicted octanol–water partition coefficient (Wildman–Crippen LogP) is 2.05. The van der Waals surface area contributed by atoms with E-state index in [1.807, 2.05) is 6.92 Å². The van der Waals surface area contributed by atoms with Gasteiger partial charge >= 0.3 is 0 Å². The molecule has 0 spiro atoms. The lowest BCUT2D eigenvalue weighted by Gasteiger charge is -2.08. The molecule has 0 aliphatic carbocycles. The Morgan fingerprint density at radius 1 is 1.37 bits per heavy atom. The summed E-state index contributed by atoms with van der Waals surface area (Å²) in [6.07, 6.45) is 0.722. The zero-order valence-corrected chi connectivity index (χ0v) is 11.9. The fourth-order valence-electron chi connectivity index (χ4n) is 1.41. The SMILES string of the molecule is CC/C(=N/NC(=S)NCCOC)c1ccc(F)cc1. The van der Waals surface area contributed by atoms with Gasteiger partial charge in [-0.3, -0.25) is 5.43 Å². The molecule has 0 unspecified atom stereocenters. The summed E-state index contributed by atoms with van der Waals surface area (Å²) in [7, 11) is 1.63. The van der Waals surface area contributed by atoms with Crippen LogP contribution in [-0.4, -0.2) is 31.1 Å². The van der Waals surface area contributed by atoms with Crippen molar-refractivity contribution in [2.45, 2.75) is 13.3 Å². The minimum Gasteiger partial charge on any atom is -0.383 e. The number of hydrazone groups is 1. The molecule has 0 radical (unpaired) electrons. The lowest BCUT2D eigenvalue weighted by atomic mass is 10.1. The Bertz CT molecular complexity index is 434. The van der Waals surface area contributed by atoms with Crippen molar-refractivity contribution in [2.24, 2.45) is 5.10 Å². The molecule has 19 heavy (non-hydrogen) atoms. The number of nitrogens with one attached hydrogen (secondary N) is 2. The molecule has 0 atom stereocenters. The third-order valence-electron chi connectivity index (χ3n) is 2.40. The van der Waals surface area contributed by atoms with Gasteiger partial charge in [-0.25, -0.2) is 4.39 Å². The third kappa shape index (κ3) is 5.76. The van der Waals surface area contributed by atoms with Gasteiger partial charge in [-0.2, -0.15) is 5.10 Å². The van der Waals surface area contributed by atoms with Crippen LogP contribution in [0.1, 0.15) is 18.9 Å². The van der Waals surface area contributed by atoms with Gasteiger partial charge in [0.15, 0.2) is 5.11 Å². The topological polar surface area (TPSA) is 45.7 Å². The number of nitrogens with zero attached hydrogens (tertiary/aromatic N) is 1. The molecule has 0 aromatic heterocycles. The van der Waals surface area contributed by atoms with Crippen LogP contribution >= 0.6 is 12.2 Å². The van der Waals surface area contributed by atoms with E-state index in [2.05, 4.69) is 15.8 Å². The molecule has 104 valence electrons. The van der Waals surface area contributed by atoms with Gasteiger partial charge in [0.2, 0.25) is 0 Å². The van der Waals surface area contributed by atoms with E-state index >= 15 is 0 Å². The maximum Gasteiger partial charge on any atom is 0.187 e.